The molecule has 1 saturated carbocycles. The summed E-state index contributed by atoms with van der Waals surface area (Å²) in [7, 11) is 0. The summed E-state index contributed by atoms with van der Waals surface area (Å²) >= 11 is 0. The van der Waals surface area contributed by atoms with Crippen molar-refractivity contribution in [2.75, 3.05) is 0 Å². The molecular formula is C15H23NO4. The molecular weight excluding hydrogens is 258 g/mol. The van der Waals surface area contributed by atoms with E-state index in [2.05, 4.69) is 0 Å². The molecule has 0 aromatic heterocycles. The number of carboxylic acid groups (broad SMARTS) is 1. The van der Waals surface area contributed by atoms with Crippen LogP contribution < -0.4 is 0 Å². The van der Waals surface area contributed by atoms with Crippen LogP contribution in [-0.4, -0.2) is 45.2 Å². The number of piperidine rings is 1. The lowest BCUT2D eigenvalue weighted by atomic mass is 9.82. The number of nitrogens with zero attached hydrogens (tertiary/aromatic N) is 1. The molecule has 3 rings (SSSR count). The summed E-state index contributed by atoms with van der Waals surface area (Å²) in [6.45, 7) is 0. The van der Waals surface area contributed by atoms with Gasteiger partial charge in [-0.3, -0.25) is 9.59 Å². The van der Waals surface area contributed by atoms with E-state index in [1.165, 1.54) is 0 Å². The van der Waals surface area contributed by atoms with Gasteiger partial charge in [-0.2, -0.15) is 0 Å². The van der Waals surface area contributed by atoms with E-state index >= 15 is 0 Å². The Bertz CT molecular complexity index is 402. The van der Waals surface area contributed by atoms with Gasteiger partial charge in [0.15, 0.2) is 0 Å². The van der Waals surface area contributed by atoms with Crippen molar-refractivity contribution < 1.29 is 19.8 Å². The molecule has 20 heavy (non-hydrogen) atoms. The summed E-state index contributed by atoms with van der Waals surface area (Å²) in [4.78, 5) is 26.1. The Kier molecular flexibility index (Phi) is 3.48. The van der Waals surface area contributed by atoms with Crippen LogP contribution in [0.3, 0.4) is 0 Å². The number of carbonyl (C=O) groups excluding carboxylic acids is 1. The minimum atomic E-state index is -0.827. The lowest BCUT2D eigenvalue weighted by Crippen LogP contribution is -2.49. The predicted octanol–water partition coefficient (Wildman–Crippen LogP) is 1.54. The number of hydrogen-bond acceptors (Lipinski definition) is 3. The van der Waals surface area contributed by atoms with Gasteiger partial charge in [-0.25, -0.2) is 0 Å². The van der Waals surface area contributed by atoms with Crippen molar-refractivity contribution in [3.8, 4) is 0 Å². The molecule has 0 aromatic rings. The Morgan fingerprint density at radius 2 is 1.65 bits per heavy atom. The second-order valence-corrected chi connectivity index (χ2v) is 6.78. The maximum Gasteiger partial charge on any atom is 0.310 e. The number of carbonyl (C=O) groups is 2. The molecule has 3 aliphatic rings. The third kappa shape index (κ3) is 2.22. The first kappa shape index (κ1) is 13.9. The molecule has 2 bridgehead atoms. The minimum Gasteiger partial charge on any atom is -0.481 e. The Morgan fingerprint density at radius 1 is 1.10 bits per heavy atom. The molecule has 2 atom stereocenters. The number of aliphatic carboxylic acids is 1. The average Bonchev–Trinajstić information content (AvgIpc) is 2.94. The van der Waals surface area contributed by atoms with Gasteiger partial charge in [-0.1, -0.05) is 12.8 Å². The lowest BCUT2D eigenvalue weighted by molar-refractivity contribution is -0.155. The maximum absolute atomic E-state index is 12.6. The van der Waals surface area contributed by atoms with Crippen LogP contribution in [0.1, 0.15) is 57.8 Å². The highest BCUT2D eigenvalue weighted by Gasteiger charge is 2.48. The molecule has 1 aliphatic carbocycles. The van der Waals surface area contributed by atoms with E-state index in [-0.39, 0.29) is 30.5 Å². The summed E-state index contributed by atoms with van der Waals surface area (Å²) in [6, 6.07) is 0.256. The fourth-order valence-electron chi connectivity index (χ4n) is 4.45. The zero-order valence-corrected chi connectivity index (χ0v) is 11.8. The third-order valence-corrected chi connectivity index (χ3v) is 5.50. The van der Waals surface area contributed by atoms with E-state index in [0.717, 1.165) is 25.7 Å². The first-order chi connectivity index (χ1) is 9.52. The first-order valence-corrected chi connectivity index (χ1v) is 7.74. The van der Waals surface area contributed by atoms with Crippen LogP contribution in [0.2, 0.25) is 0 Å². The summed E-state index contributed by atoms with van der Waals surface area (Å²) in [5, 5.41) is 19.3. The van der Waals surface area contributed by atoms with Crippen LogP contribution in [0.25, 0.3) is 0 Å². The molecule has 112 valence electrons. The summed E-state index contributed by atoms with van der Waals surface area (Å²) < 4.78 is 0. The minimum absolute atomic E-state index is 0.00583. The van der Waals surface area contributed by atoms with E-state index in [4.69, 9.17) is 0 Å². The highest BCUT2D eigenvalue weighted by molar-refractivity contribution is 5.85. The number of aliphatic hydroxyl groups is 1. The number of aliphatic hydroxyl groups excluding tert-OH is 1. The Hall–Kier alpha value is -1.10. The van der Waals surface area contributed by atoms with E-state index in [1.54, 1.807) is 0 Å². The van der Waals surface area contributed by atoms with E-state index in [0.29, 0.717) is 25.7 Å². The molecule has 2 N–H and O–H groups in total. The number of amides is 1. The quantitative estimate of drug-likeness (QED) is 0.822. The molecule has 5 nitrogen and oxygen atoms in total. The molecule has 2 unspecified atom stereocenters. The van der Waals surface area contributed by atoms with Crippen molar-refractivity contribution >= 4 is 11.9 Å². The van der Waals surface area contributed by atoms with Gasteiger partial charge in [0.05, 0.1) is 11.5 Å². The highest BCUT2D eigenvalue weighted by atomic mass is 16.4. The molecule has 1 amide bonds. The lowest BCUT2D eigenvalue weighted by Gasteiger charge is -2.38. The molecule has 2 aliphatic heterocycles. The van der Waals surface area contributed by atoms with Gasteiger partial charge < -0.3 is 15.1 Å². The fraction of sp³-hybridized carbons (Fsp3) is 0.867. The second kappa shape index (κ2) is 5.02. The molecule has 3 fully saturated rings. The van der Waals surface area contributed by atoms with Crippen molar-refractivity contribution in [2.24, 2.45) is 5.41 Å². The van der Waals surface area contributed by atoms with Crippen molar-refractivity contribution in [3.05, 3.63) is 0 Å². The van der Waals surface area contributed by atoms with Crippen LogP contribution in [-0.2, 0) is 9.59 Å². The molecule has 5 heteroatoms. The zero-order chi connectivity index (χ0) is 14.3. The smallest absolute Gasteiger partial charge is 0.310 e. The molecule has 0 spiro atoms. The number of hydrogen-bond donors (Lipinski definition) is 2. The van der Waals surface area contributed by atoms with E-state index in [1.807, 2.05) is 4.90 Å². The van der Waals surface area contributed by atoms with Crippen molar-refractivity contribution in [1.29, 1.82) is 0 Å². The number of fused-ring (bicyclic) bond motifs is 2. The van der Waals surface area contributed by atoms with Crippen LogP contribution in [0.15, 0.2) is 0 Å². The van der Waals surface area contributed by atoms with Gasteiger partial charge in [0.1, 0.15) is 0 Å². The summed E-state index contributed by atoms with van der Waals surface area (Å²) in [6.07, 6.45) is 6.13. The molecule has 0 radical (unpaired) electrons. The summed E-state index contributed by atoms with van der Waals surface area (Å²) in [5.74, 6) is -0.818. The fourth-order valence-corrected chi connectivity index (χ4v) is 4.45. The van der Waals surface area contributed by atoms with Crippen LogP contribution in [0.5, 0.6) is 0 Å². The van der Waals surface area contributed by atoms with Crippen molar-refractivity contribution in [1.82, 2.24) is 4.90 Å². The van der Waals surface area contributed by atoms with Gasteiger partial charge >= 0.3 is 5.97 Å². The second-order valence-electron chi connectivity index (χ2n) is 6.78. The predicted molar refractivity (Wildman–Crippen MR) is 72.1 cm³/mol. The van der Waals surface area contributed by atoms with Gasteiger partial charge in [0, 0.05) is 18.5 Å². The third-order valence-electron chi connectivity index (χ3n) is 5.50. The van der Waals surface area contributed by atoms with E-state index in [9.17, 15) is 19.8 Å². The monoisotopic (exact) mass is 281 g/mol. The standard InChI is InChI=1S/C15H23NO4/c17-12-7-10-3-4-11(8-12)16(10)13(18)9-15(14(19)20)5-1-2-6-15/h10-12,17H,1-9H2,(H,19,20). The van der Waals surface area contributed by atoms with Gasteiger partial charge in [-0.05, 0) is 38.5 Å². The van der Waals surface area contributed by atoms with Crippen LogP contribution in [0.4, 0.5) is 0 Å². The average molecular weight is 281 g/mol. The molecule has 2 heterocycles. The van der Waals surface area contributed by atoms with Crippen LogP contribution >= 0.6 is 0 Å². The number of carboxylic acids is 1. The Morgan fingerprint density at radius 3 is 2.15 bits per heavy atom. The number of rotatable bonds is 3. The van der Waals surface area contributed by atoms with Crippen molar-refractivity contribution in [2.45, 2.75) is 76.0 Å². The Labute approximate surface area is 119 Å². The van der Waals surface area contributed by atoms with Gasteiger partial charge in [-0.15, -0.1) is 0 Å². The highest BCUT2D eigenvalue weighted by Crippen LogP contribution is 2.44. The zero-order valence-electron chi connectivity index (χ0n) is 11.8. The van der Waals surface area contributed by atoms with Gasteiger partial charge in [0.2, 0.25) is 5.91 Å². The maximum atomic E-state index is 12.6. The first-order valence-electron chi connectivity index (χ1n) is 7.74. The van der Waals surface area contributed by atoms with E-state index < -0.39 is 11.4 Å². The molecule has 2 saturated heterocycles. The molecule has 0 aromatic carbocycles. The Balaban J connectivity index is 1.72. The summed E-state index contributed by atoms with van der Waals surface area (Å²) in [5.41, 5.74) is -0.827. The van der Waals surface area contributed by atoms with Gasteiger partial charge in [0.25, 0.3) is 0 Å². The van der Waals surface area contributed by atoms with Crippen molar-refractivity contribution in [3.63, 3.8) is 0 Å². The largest absolute Gasteiger partial charge is 0.481 e. The normalized spacial score (nSPS) is 35.2. The SMILES string of the molecule is O=C(CC1(C(=O)O)CCCC1)N1C2CCC1CC(O)C2. The topological polar surface area (TPSA) is 77.8 Å². The van der Waals surface area contributed by atoms with Crippen LogP contribution in [0, 0.1) is 5.41 Å².